The Morgan fingerprint density at radius 2 is 1.10 bits per heavy atom. The smallest absolute Gasteiger partial charge is 0.00394 e. The van der Waals surface area contributed by atoms with Crippen LogP contribution in [0.25, 0.3) is 0 Å². The van der Waals surface area contributed by atoms with Gasteiger partial charge in [0.2, 0.25) is 0 Å². The standard InChI is InChI=1S/C8H18N2/c9-7-3-1-2-4-8(10)6-5-7/h7-8H,1-6,9-10H2/t7-,8-/m1/s1. The van der Waals surface area contributed by atoms with E-state index in [9.17, 15) is 0 Å². The lowest BCUT2D eigenvalue weighted by Crippen LogP contribution is -2.28. The summed E-state index contributed by atoms with van der Waals surface area (Å²) in [6.45, 7) is 0. The summed E-state index contributed by atoms with van der Waals surface area (Å²) in [5.41, 5.74) is 11.6. The Bertz CT molecular complexity index is 81.3. The van der Waals surface area contributed by atoms with E-state index >= 15 is 0 Å². The van der Waals surface area contributed by atoms with E-state index in [1.807, 2.05) is 0 Å². The molecule has 2 atom stereocenters. The summed E-state index contributed by atoms with van der Waals surface area (Å²) in [5.74, 6) is 0. The number of hydrogen-bond donors (Lipinski definition) is 2. The first-order chi connectivity index (χ1) is 4.79. The molecule has 1 aliphatic rings. The van der Waals surface area contributed by atoms with Gasteiger partial charge in [0.1, 0.15) is 0 Å². The van der Waals surface area contributed by atoms with Crippen molar-refractivity contribution in [3.63, 3.8) is 0 Å². The summed E-state index contributed by atoms with van der Waals surface area (Å²) in [5, 5.41) is 0. The molecule has 4 N–H and O–H groups in total. The quantitative estimate of drug-likeness (QED) is 0.530. The SMILES string of the molecule is N[C@@H]1CCCC[C@@H](N)CC1. The van der Waals surface area contributed by atoms with Crippen LogP contribution in [-0.2, 0) is 0 Å². The first kappa shape index (κ1) is 8.02. The Morgan fingerprint density at radius 1 is 0.700 bits per heavy atom. The largest absolute Gasteiger partial charge is 0.328 e. The molecular formula is C8H18N2. The Balaban J connectivity index is 2.23. The third kappa shape index (κ3) is 2.67. The topological polar surface area (TPSA) is 52.0 Å². The normalized spacial score (nSPS) is 36.6. The summed E-state index contributed by atoms with van der Waals surface area (Å²) in [7, 11) is 0. The van der Waals surface area contributed by atoms with Crippen LogP contribution in [0.4, 0.5) is 0 Å². The van der Waals surface area contributed by atoms with Gasteiger partial charge in [-0.2, -0.15) is 0 Å². The molecule has 0 spiro atoms. The molecule has 0 heterocycles. The van der Waals surface area contributed by atoms with Gasteiger partial charge >= 0.3 is 0 Å². The molecule has 0 unspecified atom stereocenters. The molecule has 1 rings (SSSR count). The molecule has 1 fully saturated rings. The number of rotatable bonds is 0. The van der Waals surface area contributed by atoms with Gasteiger partial charge in [0.15, 0.2) is 0 Å². The highest BCUT2D eigenvalue weighted by atomic mass is 14.7. The van der Waals surface area contributed by atoms with E-state index in [0.717, 1.165) is 12.8 Å². The fourth-order valence-corrected chi connectivity index (χ4v) is 1.53. The lowest BCUT2D eigenvalue weighted by Gasteiger charge is -2.19. The van der Waals surface area contributed by atoms with Crippen molar-refractivity contribution in [2.75, 3.05) is 0 Å². The zero-order valence-corrected chi connectivity index (χ0v) is 6.55. The van der Waals surface area contributed by atoms with Gasteiger partial charge in [-0.1, -0.05) is 12.8 Å². The minimum absolute atomic E-state index is 0.423. The predicted octanol–water partition coefficient (Wildman–Crippen LogP) is 0.995. The Morgan fingerprint density at radius 3 is 1.50 bits per heavy atom. The van der Waals surface area contributed by atoms with Gasteiger partial charge in [-0.3, -0.25) is 0 Å². The maximum Gasteiger partial charge on any atom is 0.00394 e. The van der Waals surface area contributed by atoms with Crippen molar-refractivity contribution in [1.82, 2.24) is 0 Å². The molecule has 0 bridgehead atoms. The van der Waals surface area contributed by atoms with Crippen LogP contribution in [0.2, 0.25) is 0 Å². The third-order valence-electron chi connectivity index (χ3n) is 2.31. The van der Waals surface area contributed by atoms with Gasteiger partial charge < -0.3 is 11.5 Å². The number of nitrogens with two attached hydrogens (primary N) is 2. The van der Waals surface area contributed by atoms with Crippen LogP contribution in [-0.4, -0.2) is 12.1 Å². The molecule has 60 valence electrons. The van der Waals surface area contributed by atoms with Crippen molar-refractivity contribution in [3.8, 4) is 0 Å². The minimum Gasteiger partial charge on any atom is -0.328 e. The summed E-state index contributed by atoms with van der Waals surface area (Å²) in [6.07, 6.45) is 7.20. The molecule has 0 amide bonds. The molecule has 10 heavy (non-hydrogen) atoms. The second-order valence-electron chi connectivity index (χ2n) is 3.38. The molecule has 2 nitrogen and oxygen atoms in total. The van der Waals surface area contributed by atoms with Crippen molar-refractivity contribution in [2.45, 2.75) is 50.6 Å². The van der Waals surface area contributed by atoms with E-state index in [0.29, 0.717) is 12.1 Å². The van der Waals surface area contributed by atoms with Crippen LogP contribution >= 0.6 is 0 Å². The average molecular weight is 142 g/mol. The molecule has 1 aliphatic carbocycles. The lowest BCUT2D eigenvalue weighted by molar-refractivity contribution is 0.416. The van der Waals surface area contributed by atoms with Crippen LogP contribution in [0.15, 0.2) is 0 Å². The van der Waals surface area contributed by atoms with Gasteiger partial charge in [0, 0.05) is 12.1 Å². The van der Waals surface area contributed by atoms with Crippen LogP contribution in [0, 0.1) is 0 Å². The summed E-state index contributed by atoms with van der Waals surface area (Å²) < 4.78 is 0. The van der Waals surface area contributed by atoms with Crippen LogP contribution in [0.5, 0.6) is 0 Å². The molecule has 0 radical (unpaired) electrons. The van der Waals surface area contributed by atoms with Crippen molar-refractivity contribution >= 4 is 0 Å². The van der Waals surface area contributed by atoms with Gasteiger partial charge in [0.05, 0.1) is 0 Å². The average Bonchev–Trinajstić information content (AvgIpc) is 1.90. The summed E-state index contributed by atoms with van der Waals surface area (Å²) in [4.78, 5) is 0. The first-order valence-corrected chi connectivity index (χ1v) is 4.30. The van der Waals surface area contributed by atoms with Crippen LogP contribution in [0.1, 0.15) is 38.5 Å². The minimum atomic E-state index is 0.423. The highest BCUT2D eigenvalue weighted by molar-refractivity contribution is 4.71. The summed E-state index contributed by atoms with van der Waals surface area (Å²) >= 11 is 0. The second-order valence-corrected chi connectivity index (χ2v) is 3.38. The fourth-order valence-electron chi connectivity index (χ4n) is 1.53. The molecule has 2 heteroatoms. The maximum atomic E-state index is 5.81. The van der Waals surface area contributed by atoms with E-state index in [4.69, 9.17) is 11.5 Å². The Labute approximate surface area is 63.0 Å². The van der Waals surface area contributed by atoms with E-state index in [1.54, 1.807) is 0 Å². The molecule has 0 aromatic carbocycles. The van der Waals surface area contributed by atoms with Crippen molar-refractivity contribution in [3.05, 3.63) is 0 Å². The van der Waals surface area contributed by atoms with Crippen LogP contribution < -0.4 is 11.5 Å². The van der Waals surface area contributed by atoms with Crippen LogP contribution in [0.3, 0.4) is 0 Å². The second kappa shape index (κ2) is 3.94. The Hall–Kier alpha value is -0.0800. The molecule has 0 aliphatic heterocycles. The van der Waals surface area contributed by atoms with E-state index in [2.05, 4.69) is 0 Å². The fraction of sp³-hybridized carbons (Fsp3) is 1.00. The molecule has 0 saturated heterocycles. The number of hydrogen-bond acceptors (Lipinski definition) is 2. The molecule has 1 saturated carbocycles. The van der Waals surface area contributed by atoms with E-state index in [1.165, 1.54) is 25.7 Å². The van der Waals surface area contributed by atoms with E-state index < -0.39 is 0 Å². The van der Waals surface area contributed by atoms with Crippen molar-refractivity contribution in [1.29, 1.82) is 0 Å². The van der Waals surface area contributed by atoms with Crippen molar-refractivity contribution < 1.29 is 0 Å². The zero-order chi connectivity index (χ0) is 7.40. The summed E-state index contributed by atoms with van der Waals surface area (Å²) in [6, 6.07) is 0.845. The third-order valence-corrected chi connectivity index (χ3v) is 2.31. The molecule has 0 aromatic heterocycles. The maximum absolute atomic E-state index is 5.81. The van der Waals surface area contributed by atoms with Gasteiger partial charge in [-0.05, 0) is 25.7 Å². The monoisotopic (exact) mass is 142 g/mol. The van der Waals surface area contributed by atoms with Gasteiger partial charge in [-0.25, -0.2) is 0 Å². The highest BCUT2D eigenvalue weighted by Crippen LogP contribution is 2.14. The van der Waals surface area contributed by atoms with Crippen molar-refractivity contribution in [2.24, 2.45) is 11.5 Å². The molecule has 0 aromatic rings. The Kier molecular flexibility index (Phi) is 3.16. The highest BCUT2D eigenvalue weighted by Gasteiger charge is 2.10. The van der Waals surface area contributed by atoms with Gasteiger partial charge in [0.25, 0.3) is 0 Å². The predicted molar refractivity (Wildman–Crippen MR) is 43.7 cm³/mol. The molecular weight excluding hydrogens is 124 g/mol. The van der Waals surface area contributed by atoms with E-state index in [-0.39, 0.29) is 0 Å². The lowest BCUT2D eigenvalue weighted by atomic mass is 9.94. The zero-order valence-electron chi connectivity index (χ0n) is 6.55. The van der Waals surface area contributed by atoms with Gasteiger partial charge in [-0.15, -0.1) is 0 Å². The first-order valence-electron chi connectivity index (χ1n) is 4.30.